The summed E-state index contributed by atoms with van der Waals surface area (Å²) in [5.74, 6) is -0.871. The fourth-order valence-electron chi connectivity index (χ4n) is 9.96. The Kier molecular flexibility index (Phi) is 13.8. The number of fused-ring (bicyclic) bond motifs is 3. The molecule has 0 fully saturated rings. The van der Waals surface area contributed by atoms with Crippen molar-refractivity contribution in [3.8, 4) is 23.3 Å². The number of anilines is 2. The largest absolute Gasteiger partial charge is 0.507 e. The minimum Gasteiger partial charge on any atom is -0.507 e. The average Bonchev–Trinajstić information content (AvgIpc) is 3.79. The van der Waals surface area contributed by atoms with Crippen molar-refractivity contribution in [1.82, 2.24) is 10.0 Å². The summed E-state index contributed by atoms with van der Waals surface area (Å²) in [6, 6.07) is 11.1. The van der Waals surface area contributed by atoms with Gasteiger partial charge in [0.2, 0.25) is 11.8 Å². The van der Waals surface area contributed by atoms with Gasteiger partial charge in [-0.3, -0.25) is 13.9 Å². The molecule has 4 heterocycles. The fourth-order valence-corrected chi connectivity index (χ4v) is 11.0. The Morgan fingerprint density at radius 1 is 0.797 bits per heavy atom. The number of benzene rings is 3. The third-order valence-corrected chi connectivity index (χ3v) is 15.9. The summed E-state index contributed by atoms with van der Waals surface area (Å²) < 4.78 is 76.3. The zero-order valence-corrected chi connectivity index (χ0v) is 41.8. The molecule has 69 heavy (non-hydrogen) atoms. The topological polar surface area (TPSA) is 245 Å². The number of carbonyl (C=O) groups is 2. The van der Waals surface area contributed by atoms with Gasteiger partial charge in [0.25, 0.3) is 26.1 Å². The molecule has 6 N–H and O–H groups in total. The van der Waals surface area contributed by atoms with Crippen LogP contribution in [0.15, 0.2) is 82.2 Å². The van der Waals surface area contributed by atoms with Gasteiger partial charge in [-0.2, -0.15) is 16.8 Å². The number of aromatic hydroxyl groups is 3. The van der Waals surface area contributed by atoms with Gasteiger partial charge in [-0.15, -0.1) is 4.73 Å². The van der Waals surface area contributed by atoms with Crippen molar-refractivity contribution in [1.29, 1.82) is 0 Å². The molecular weight excluding hydrogens is 929 g/mol. The maximum atomic E-state index is 13.8. The Bertz CT molecular complexity index is 2970. The molecule has 3 aliphatic heterocycles. The van der Waals surface area contributed by atoms with E-state index in [1.54, 1.807) is 19.1 Å². The molecule has 0 spiro atoms. The van der Waals surface area contributed by atoms with E-state index in [1.807, 2.05) is 66.7 Å². The summed E-state index contributed by atoms with van der Waals surface area (Å²) >= 11 is 0. The number of carbonyl (C=O) groups excluding carboxylic acids is 2. The second-order valence-electron chi connectivity index (χ2n) is 19.5. The monoisotopic (exact) mass is 990 g/mol. The normalized spacial score (nSPS) is 19.9. The highest BCUT2D eigenvalue weighted by Gasteiger charge is 2.45. The van der Waals surface area contributed by atoms with Crippen molar-refractivity contribution in [3.05, 3.63) is 106 Å². The van der Waals surface area contributed by atoms with Crippen LogP contribution in [0.4, 0.5) is 11.4 Å². The zero-order valence-electron chi connectivity index (χ0n) is 40.2. The number of aromatic nitrogens is 1. The quantitative estimate of drug-likeness (QED) is 0.0479. The number of unbranched alkanes of at least 4 members (excludes halogenated alkanes) is 2. The highest BCUT2D eigenvalue weighted by atomic mass is 32.2. The van der Waals surface area contributed by atoms with E-state index in [9.17, 15) is 50.8 Å². The van der Waals surface area contributed by atoms with Crippen LogP contribution < -0.4 is 24.7 Å². The summed E-state index contributed by atoms with van der Waals surface area (Å²) in [6.45, 7) is 16.5. The molecular formula is C50H62N4O13S2. The molecule has 1 aromatic heterocycles. The van der Waals surface area contributed by atoms with Crippen molar-refractivity contribution < 1.29 is 60.4 Å². The van der Waals surface area contributed by atoms with Gasteiger partial charge in [0.05, 0.1) is 15.8 Å². The average molecular weight is 991 g/mol. The molecule has 0 saturated heterocycles. The van der Waals surface area contributed by atoms with E-state index in [0.717, 1.165) is 33.8 Å². The lowest BCUT2D eigenvalue weighted by Crippen LogP contribution is -2.51. The molecule has 17 nitrogen and oxygen atoms in total. The molecule has 0 radical (unpaired) electrons. The Morgan fingerprint density at radius 2 is 1.42 bits per heavy atom. The predicted molar refractivity (Wildman–Crippen MR) is 259 cm³/mol. The van der Waals surface area contributed by atoms with Crippen LogP contribution in [0.2, 0.25) is 0 Å². The van der Waals surface area contributed by atoms with E-state index >= 15 is 0 Å². The van der Waals surface area contributed by atoms with Gasteiger partial charge in [0.1, 0.15) is 11.5 Å². The van der Waals surface area contributed by atoms with E-state index in [4.69, 9.17) is 9.57 Å². The van der Waals surface area contributed by atoms with E-state index in [-0.39, 0.29) is 33.9 Å². The van der Waals surface area contributed by atoms with Gasteiger partial charge < -0.3 is 40.0 Å². The van der Waals surface area contributed by atoms with Crippen LogP contribution >= 0.6 is 0 Å². The summed E-state index contributed by atoms with van der Waals surface area (Å²) in [5.41, 5.74) is 4.31. The van der Waals surface area contributed by atoms with Crippen molar-refractivity contribution in [3.63, 3.8) is 0 Å². The lowest BCUT2D eigenvalue weighted by molar-refractivity contribution is -0.145. The summed E-state index contributed by atoms with van der Waals surface area (Å²) in [6.07, 6.45) is 9.05. The van der Waals surface area contributed by atoms with E-state index in [2.05, 4.69) is 15.1 Å². The first-order valence-corrected chi connectivity index (χ1v) is 25.8. The smallest absolute Gasteiger partial charge is 0.333 e. The molecule has 0 aliphatic carbocycles. The molecule has 3 aliphatic rings. The first kappa shape index (κ1) is 50.8. The minimum atomic E-state index is -4.52. The van der Waals surface area contributed by atoms with Crippen molar-refractivity contribution >= 4 is 43.5 Å². The molecule has 2 atom stereocenters. The second-order valence-corrected chi connectivity index (χ2v) is 22.3. The maximum Gasteiger partial charge on any atom is 0.333 e. The Morgan fingerprint density at radius 3 is 2.06 bits per heavy atom. The zero-order chi connectivity index (χ0) is 50.6. The van der Waals surface area contributed by atoms with Gasteiger partial charge in [0.15, 0.2) is 5.60 Å². The van der Waals surface area contributed by atoms with E-state index < -0.39 is 54.4 Å². The molecule has 2 unspecified atom stereocenters. The van der Waals surface area contributed by atoms with Crippen molar-refractivity contribution in [2.24, 2.45) is 0 Å². The van der Waals surface area contributed by atoms with Gasteiger partial charge >= 0.3 is 5.97 Å². The SMILES string of the molecule is Cc1c(C)c2c(c(C)c1O)CCC(C)(C(=O)NCCCN1c3ccc(S(=O)(=O)O)cc3C(C)(C)C1C=CC=C1N(CCCCCC(=O)On3c(O)ccc3O)c3ccc(S(=O)(=O)O)cc3C1(C)C)O2. The molecule has 0 bridgehead atoms. The summed E-state index contributed by atoms with van der Waals surface area (Å²) in [5, 5.41) is 33.3. The lowest BCUT2D eigenvalue weighted by atomic mass is 9.80. The van der Waals surface area contributed by atoms with Crippen molar-refractivity contribution in [2.75, 3.05) is 29.4 Å². The number of phenols is 1. The Hall–Kier alpha value is -6.02. The predicted octanol–water partition coefficient (Wildman–Crippen LogP) is 7.23. The molecule has 4 aromatic rings. The molecule has 1 amide bonds. The van der Waals surface area contributed by atoms with Crippen LogP contribution in [0.25, 0.3) is 0 Å². The van der Waals surface area contributed by atoms with E-state index in [0.29, 0.717) is 85.3 Å². The Labute approximate surface area is 403 Å². The number of rotatable bonds is 16. The molecule has 0 saturated carbocycles. The van der Waals surface area contributed by atoms with Gasteiger partial charge in [-0.1, -0.05) is 46.3 Å². The molecule has 7 rings (SSSR count). The highest BCUT2D eigenvalue weighted by Crippen LogP contribution is 2.50. The van der Waals surface area contributed by atoms with Gasteiger partial charge in [-0.05, 0) is 124 Å². The highest BCUT2D eigenvalue weighted by molar-refractivity contribution is 7.86. The number of nitrogens with one attached hydrogen (secondary N) is 1. The number of amides is 1. The number of allylic oxidation sites excluding steroid dienone is 3. The summed E-state index contributed by atoms with van der Waals surface area (Å²) in [4.78, 5) is 35.1. The van der Waals surface area contributed by atoms with Gasteiger partial charge in [0, 0.05) is 78.1 Å². The number of hydrogen-bond donors (Lipinski definition) is 6. The van der Waals surface area contributed by atoms with Gasteiger partial charge in [-0.25, -0.2) is 4.79 Å². The van der Waals surface area contributed by atoms with Crippen LogP contribution in [0.1, 0.15) is 107 Å². The first-order valence-electron chi connectivity index (χ1n) is 23.0. The minimum absolute atomic E-state index is 0.0191. The molecule has 3 aromatic carbocycles. The number of nitrogens with zero attached hydrogens (tertiary/aromatic N) is 3. The third kappa shape index (κ3) is 9.78. The van der Waals surface area contributed by atoms with Crippen molar-refractivity contribution in [2.45, 2.75) is 133 Å². The first-order chi connectivity index (χ1) is 32.2. The number of phenolic OH excluding ortho intramolecular Hbond substituents is 1. The second kappa shape index (κ2) is 18.7. The van der Waals surface area contributed by atoms with Crippen LogP contribution in [0.3, 0.4) is 0 Å². The molecule has 372 valence electrons. The van der Waals surface area contributed by atoms with Crippen LogP contribution in [0, 0.1) is 20.8 Å². The standard InChI is InChI=1S/C50H62N4O13S2/c1-30-31(2)46-35(32(3)45(30)58)23-24-50(8,66-46)47(59)51-25-13-27-53-39-20-18-34(69(63,64)65)29-37(39)49(6,7)41(53)15-12-14-40-48(4,5)36-28-33(68(60,61)62)17-19-38(36)52(40)26-11-9-10-16-44(57)67-54-42(55)21-22-43(54)56/h12,14-15,17-22,28-29,41,55-56,58H,9-11,13,16,23-27H2,1-8H3,(H,51,59)(H,60,61,62)(H,63,64,65). The van der Waals surface area contributed by atoms with Crippen LogP contribution in [-0.2, 0) is 47.1 Å². The van der Waals surface area contributed by atoms with Crippen LogP contribution in [-0.4, -0.2) is 89.1 Å². The Balaban J connectivity index is 1.11. The number of hydrogen-bond acceptors (Lipinski definition) is 13. The maximum absolute atomic E-state index is 13.8. The van der Waals surface area contributed by atoms with E-state index in [1.165, 1.54) is 36.4 Å². The van der Waals surface area contributed by atoms with Crippen LogP contribution in [0.5, 0.6) is 23.3 Å². The molecule has 19 heteroatoms. The summed E-state index contributed by atoms with van der Waals surface area (Å²) in [7, 11) is -9.04. The fraction of sp³-hybridized carbons (Fsp3) is 0.440. The lowest BCUT2D eigenvalue weighted by Gasteiger charge is -2.36. The third-order valence-electron chi connectivity index (χ3n) is 14.2. The number of ether oxygens (including phenoxy) is 1.